The average Bonchev–Trinajstić information content (AvgIpc) is 3.24. The van der Waals surface area contributed by atoms with E-state index in [0.717, 1.165) is 23.8 Å². The highest BCUT2D eigenvalue weighted by molar-refractivity contribution is 9.10. The fourth-order valence-electron chi connectivity index (χ4n) is 2.44. The Balaban J connectivity index is 1.51. The molecule has 2 N–H and O–H groups in total. The zero-order chi connectivity index (χ0) is 20.8. The summed E-state index contributed by atoms with van der Waals surface area (Å²) in [6.07, 6.45) is 1.12. The van der Waals surface area contributed by atoms with E-state index in [0.29, 0.717) is 10.3 Å². The van der Waals surface area contributed by atoms with Gasteiger partial charge in [0.1, 0.15) is 11.5 Å². The van der Waals surface area contributed by atoms with Gasteiger partial charge in [0.05, 0.1) is 20.2 Å². The molecule has 0 bridgehead atoms. The van der Waals surface area contributed by atoms with Gasteiger partial charge in [0.25, 0.3) is 11.6 Å². The minimum atomic E-state index is -0.594. The first-order valence-electron chi connectivity index (χ1n) is 8.39. The number of carbonyl (C=O) groups is 1. The number of phenols is 1. The molecule has 1 heterocycles. The van der Waals surface area contributed by atoms with Gasteiger partial charge in [-0.1, -0.05) is 12.1 Å². The third-order valence-corrected chi connectivity index (χ3v) is 7.53. The molecule has 1 fully saturated rings. The van der Waals surface area contributed by atoms with Crippen molar-refractivity contribution < 1.29 is 19.6 Å². The van der Waals surface area contributed by atoms with Crippen LogP contribution in [0.3, 0.4) is 0 Å². The first kappa shape index (κ1) is 21.5. The maximum atomic E-state index is 11.9. The Morgan fingerprint density at radius 1 is 1.34 bits per heavy atom. The molecular weight excluding hydrogens is 482 g/mol. The Morgan fingerprint density at radius 3 is 2.69 bits per heavy atom. The van der Waals surface area contributed by atoms with Crippen molar-refractivity contribution in [2.45, 2.75) is 4.58 Å². The Kier molecular flexibility index (Phi) is 7.40. The normalized spacial score (nSPS) is 14.2. The zero-order valence-electron chi connectivity index (χ0n) is 14.9. The molecular formula is C18H16BrN3O5S2. The van der Waals surface area contributed by atoms with Gasteiger partial charge in [-0.3, -0.25) is 14.9 Å². The van der Waals surface area contributed by atoms with E-state index in [1.165, 1.54) is 11.6 Å². The number of carbonyl (C=O) groups excluding carboxylic acids is 1. The number of thioether (sulfide) groups is 2. The second kappa shape index (κ2) is 9.99. The van der Waals surface area contributed by atoms with Gasteiger partial charge in [0.15, 0.2) is 6.61 Å². The number of hydrogen-bond acceptors (Lipinski definition) is 8. The van der Waals surface area contributed by atoms with E-state index < -0.39 is 10.8 Å². The number of amides is 1. The number of hydrazone groups is 1. The van der Waals surface area contributed by atoms with Crippen molar-refractivity contribution >= 4 is 57.3 Å². The molecule has 0 saturated carbocycles. The summed E-state index contributed by atoms with van der Waals surface area (Å²) in [6, 6.07) is 9.95. The van der Waals surface area contributed by atoms with Crippen LogP contribution < -0.4 is 10.2 Å². The van der Waals surface area contributed by atoms with E-state index in [-0.39, 0.29) is 28.1 Å². The summed E-state index contributed by atoms with van der Waals surface area (Å²) in [4.78, 5) is 22.2. The van der Waals surface area contributed by atoms with Gasteiger partial charge in [-0.15, -0.1) is 23.5 Å². The summed E-state index contributed by atoms with van der Waals surface area (Å²) >= 11 is 6.87. The van der Waals surface area contributed by atoms with E-state index in [1.807, 2.05) is 47.8 Å². The maximum absolute atomic E-state index is 11.9. The van der Waals surface area contributed by atoms with Crippen LogP contribution in [-0.2, 0) is 4.79 Å². The van der Waals surface area contributed by atoms with Crippen LogP contribution in [0.15, 0.2) is 46.0 Å². The summed E-state index contributed by atoms with van der Waals surface area (Å²) in [6.45, 7) is -0.242. The molecule has 3 rings (SSSR count). The molecule has 0 radical (unpaired) electrons. The van der Waals surface area contributed by atoms with Gasteiger partial charge in [-0.2, -0.15) is 5.10 Å². The van der Waals surface area contributed by atoms with E-state index in [9.17, 15) is 20.0 Å². The van der Waals surface area contributed by atoms with E-state index in [4.69, 9.17) is 4.74 Å². The minimum absolute atomic E-state index is 0.0885. The van der Waals surface area contributed by atoms with E-state index >= 15 is 0 Å². The highest BCUT2D eigenvalue weighted by Gasteiger charge is 2.18. The molecule has 1 saturated heterocycles. The minimum Gasteiger partial charge on any atom is -0.506 e. The molecule has 1 aliphatic rings. The molecule has 11 heteroatoms. The molecule has 1 amide bonds. The molecule has 0 aromatic heterocycles. The molecule has 0 aliphatic carbocycles. The number of phenolic OH excluding ortho intramolecular Hbond substituents is 1. The van der Waals surface area contributed by atoms with Crippen LogP contribution >= 0.6 is 39.5 Å². The lowest BCUT2D eigenvalue weighted by Gasteiger charge is -2.10. The van der Waals surface area contributed by atoms with Crippen molar-refractivity contribution in [3.05, 3.63) is 62.1 Å². The SMILES string of the molecule is O=C(COc1ccc(C2SCCS2)cc1)N/N=C\c1cc([N+](=O)[O-])cc(Br)c1O. The Morgan fingerprint density at radius 2 is 2.03 bits per heavy atom. The number of benzene rings is 2. The first-order chi connectivity index (χ1) is 13.9. The van der Waals surface area contributed by atoms with Gasteiger partial charge in [0, 0.05) is 29.2 Å². The highest BCUT2D eigenvalue weighted by atomic mass is 79.9. The molecule has 152 valence electrons. The fraction of sp³-hybridized carbons (Fsp3) is 0.222. The zero-order valence-corrected chi connectivity index (χ0v) is 18.1. The third-order valence-electron chi connectivity index (χ3n) is 3.83. The smallest absolute Gasteiger partial charge is 0.277 e. The number of hydrogen-bond donors (Lipinski definition) is 2. The summed E-state index contributed by atoms with van der Waals surface area (Å²) in [7, 11) is 0. The maximum Gasteiger partial charge on any atom is 0.277 e. The summed E-state index contributed by atoms with van der Waals surface area (Å²) in [5, 5.41) is 24.5. The number of halogens is 1. The quantitative estimate of drug-likeness (QED) is 0.336. The molecule has 2 aromatic rings. The molecule has 1 aliphatic heterocycles. The predicted octanol–water partition coefficient (Wildman–Crippen LogP) is 4.07. The van der Waals surface area contributed by atoms with Crippen molar-refractivity contribution in [2.24, 2.45) is 5.10 Å². The first-order valence-corrected chi connectivity index (χ1v) is 11.3. The number of nitro benzene ring substituents is 1. The Hall–Kier alpha value is -2.24. The third kappa shape index (κ3) is 5.87. The standard InChI is InChI=1S/C18H16BrN3O5S2/c19-15-8-13(22(25)26)7-12(17(15)24)9-20-21-16(23)10-27-14-3-1-11(2-4-14)18-28-5-6-29-18/h1-4,7-9,18,24H,5-6,10H2,(H,21,23)/b20-9-. The largest absolute Gasteiger partial charge is 0.506 e. The van der Waals surface area contributed by atoms with Gasteiger partial charge in [-0.25, -0.2) is 5.43 Å². The van der Waals surface area contributed by atoms with E-state index in [1.54, 1.807) is 0 Å². The molecule has 0 unspecified atom stereocenters. The molecule has 29 heavy (non-hydrogen) atoms. The Bertz CT molecular complexity index is 934. The fourth-order valence-corrected chi connectivity index (χ4v) is 5.76. The average molecular weight is 498 g/mol. The molecule has 8 nitrogen and oxygen atoms in total. The number of nitro groups is 1. The van der Waals surface area contributed by atoms with Crippen LogP contribution in [0.25, 0.3) is 0 Å². The molecule has 0 spiro atoms. The summed E-state index contributed by atoms with van der Waals surface area (Å²) < 4.78 is 6.04. The van der Waals surface area contributed by atoms with Crippen LogP contribution in [0, 0.1) is 10.1 Å². The number of nitrogens with zero attached hydrogens (tertiary/aromatic N) is 2. The van der Waals surface area contributed by atoms with Crippen molar-refractivity contribution in [2.75, 3.05) is 18.1 Å². The molecule has 2 aromatic carbocycles. The van der Waals surface area contributed by atoms with Crippen molar-refractivity contribution in [1.82, 2.24) is 5.43 Å². The van der Waals surface area contributed by atoms with E-state index in [2.05, 4.69) is 26.5 Å². The van der Waals surface area contributed by atoms with Crippen LogP contribution in [-0.4, -0.2) is 40.3 Å². The monoisotopic (exact) mass is 497 g/mol. The summed E-state index contributed by atoms with van der Waals surface area (Å²) in [5.41, 5.74) is 3.35. The lowest BCUT2D eigenvalue weighted by atomic mass is 10.2. The highest BCUT2D eigenvalue weighted by Crippen LogP contribution is 2.45. The van der Waals surface area contributed by atoms with Crippen LogP contribution in [0.2, 0.25) is 0 Å². The van der Waals surface area contributed by atoms with Gasteiger partial charge in [0.2, 0.25) is 0 Å². The summed E-state index contributed by atoms with van der Waals surface area (Å²) in [5.74, 6) is 2.15. The van der Waals surface area contributed by atoms with Crippen LogP contribution in [0.5, 0.6) is 11.5 Å². The lowest BCUT2D eigenvalue weighted by molar-refractivity contribution is -0.385. The number of ether oxygens (including phenoxy) is 1. The topological polar surface area (TPSA) is 114 Å². The number of non-ortho nitro benzene ring substituents is 1. The predicted molar refractivity (Wildman–Crippen MR) is 118 cm³/mol. The number of rotatable bonds is 7. The molecule has 0 atom stereocenters. The Labute approximate surface area is 183 Å². The number of nitrogens with one attached hydrogen (secondary N) is 1. The van der Waals surface area contributed by atoms with Gasteiger partial charge in [-0.05, 0) is 33.6 Å². The van der Waals surface area contributed by atoms with Crippen LogP contribution in [0.1, 0.15) is 15.7 Å². The van der Waals surface area contributed by atoms with Crippen molar-refractivity contribution in [1.29, 1.82) is 0 Å². The lowest BCUT2D eigenvalue weighted by Crippen LogP contribution is -2.24. The second-order valence-electron chi connectivity index (χ2n) is 5.85. The second-order valence-corrected chi connectivity index (χ2v) is 9.43. The van der Waals surface area contributed by atoms with Gasteiger partial charge < -0.3 is 9.84 Å². The van der Waals surface area contributed by atoms with Gasteiger partial charge >= 0.3 is 0 Å². The van der Waals surface area contributed by atoms with Crippen molar-refractivity contribution in [3.63, 3.8) is 0 Å². The van der Waals surface area contributed by atoms with Crippen molar-refractivity contribution in [3.8, 4) is 11.5 Å². The van der Waals surface area contributed by atoms with Crippen LogP contribution in [0.4, 0.5) is 5.69 Å². The number of aromatic hydroxyl groups is 1.